The van der Waals surface area contributed by atoms with Crippen molar-refractivity contribution in [3.8, 4) is 5.75 Å². The van der Waals surface area contributed by atoms with Crippen molar-refractivity contribution in [2.75, 3.05) is 64.5 Å². The largest absolute Gasteiger partial charge is 0.497 e. The summed E-state index contributed by atoms with van der Waals surface area (Å²) in [6.45, 7) is 10.0. The molecule has 2 saturated heterocycles. The molecule has 9 nitrogen and oxygen atoms in total. The molecule has 4 rings (SSSR count). The molecule has 0 saturated carbocycles. The van der Waals surface area contributed by atoms with Crippen LogP contribution in [0.4, 0.5) is 5.69 Å². The average molecular weight is 569 g/mol. The van der Waals surface area contributed by atoms with Crippen molar-refractivity contribution in [1.29, 1.82) is 0 Å². The van der Waals surface area contributed by atoms with Crippen LogP contribution in [0.2, 0.25) is 0 Å². The average Bonchev–Trinajstić information content (AvgIpc) is 3.53. The van der Waals surface area contributed by atoms with E-state index in [0.29, 0.717) is 5.92 Å². The first-order chi connectivity index (χ1) is 15.8. The minimum atomic E-state index is 0. The highest BCUT2D eigenvalue weighted by Crippen LogP contribution is 2.20. The number of ether oxygens (including phenoxy) is 2. The summed E-state index contributed by atoms with van der Waals surface area (Å²) >= 11 is 0. The molecule has 1 unspecified atom stereocenters. The summed E-state index contributed by atoms with van der Waals surface area (Å²) in [7, 11) is 1.70. The number of piperazine rings is 1. The lowest BCUT2D eigenvalue weighted by Crippen LogP contribution is -2.53. The van der Waals surface area contributed by atoms with Crippen LogP contribution in [-0.4, -0.2) is 85.2 Å². The van der Waals surface area contributed by atoms with Gasteiger partial charge in [0.25, 0.3) is 0 Å². The van der Waals surface area contributed by atoms with Crippen LogP contribution in [0.25, 0.3) is 0 Å². The molecule has 2 fully saturated rings. The lowest BCUT2D eigenvalue weighted by Gasteiger charge is -2.38. The Kier molecular flexibility index (Phi) is 10.0. The molecule has 33 heavy (non-hydrogen) atoms. The first-order valence-electron chi connectivity index (χ1n) is 11.6. The summed E-state index contributed by atoms with van der Waals surface area (Å²) in [4.78, 5) is 9.78. The van der Waals surface area contributed by atoms with Gasteiger partial charge in [0.2, 0.25) is 0 Å². The van der Waals surface area contributed by atoms with E-state index >= 15 is 0 Å². The van der Waals surface area contributed by atoms with Crippen LogP contribution in [0, 0.1) is 5.92 Å². The SMILES string of the molecule is CCc1nncn1CCNC(=NCC1CCOC1)N1CCN(c2ccc(OC)cc2)CC1.I. The summed E-state index contributed by atoms with van der Waals surface area (Å²) in [6, 6.07) is 8.31. The van der Waals surface area contributed by atoms with Gasteiger partial charge in [0.1, 0.15) is 17.9 Å². The molecule has 2 aromatic rings. The molecular weight excluding hydrogens is 533 g/mol. The zero-order valence-corrected chi connectivity index (χ0v) is 22.0. The molecule has 2 aliphatic heterocycles. The third-order valence-corrected chi connectivity index (χ3v) is 6.19. The minimum Gasteiger partial charge on any atom is -0.497 e. The van der Waals surface area contributed by atoms with Gasteiger partial charge in [-0.05, 0) is 30.7 Å². The predicted molar refractivity (Wildman–Crippen MR) is 141 cm³/mol. The van der Waals surface area contributed by atoms with Gasteiger partial charge in [-0.25, -0.2) is 0 Å². The van der Waals surface area contributed by atoms with E-state index in [2.05, 4.69) is 48.9 Å². The Morgan fingerprint density at radius 2 is 2.00 bits per heavy atom. The summed E-state index contributed by atoms with van der Waals surface area (Å²) < 4.78 is 12.9. The topological polar surface area (TPSA) is 80.0 Å². The maximum absolute atomic E-state index is 5.53. The van der Waals surface area contributed by atoms with Crippen molar-refractivity contribution in [1.82, 2.24) is 25.0 Å². The Bertz CT molecular complexity index is 860. The Balaban J connectivity index is 0.00000306. The number of nitrogens with one attached hydrogen (secondary N) is 1. The van der Waals surface area contributed by atoms with Gasteiger partial charge in [-0.1, -0.05) is 6.92 Å². The molecule has 1 aromatic carbocycles. The Labute approximate surface area is 213 Å². The van der Waals surface area contributed by atoms with E-state index in [1.165, 1.54) is 5.69 Å². The fourth-order valence-electron chi connectivity index (χ4n) is 4.21. The molecule has 1 atom stereocenters. The van der Waals surface area contributed by atoms with Crippen molar-refractivity contribution in [2.45, 2.75) is 26.3 Å². The second kappa shape index (κ2) is 13.0. The number of anilines is 1. The number of hydrogen-bond acceptors (Lipinski definition) is 6. The van der Waals surface area contributed by atoms with Crippen LogP contribution in [-0.2, 0) is 17.7 Å². The van der Waals surface area contributed by atoms with Gasteiger partial charge in [-0.2, -0.15) is 0 Å². The van der Waals surface area contributed by atoms with E-state index in [0.717, 1.165) is 89.4 Å². The van der Waals surface area contributed by atoms with Gasteiger partial charge < -0.3 is 29.2 Å². The molecule has 0 aliphatic carbocycles. The summed E-state index contributed by atoms with van der Waals surface area (Å²) in [5.41, 5.74) is 1.24. The van der Waals surface area contributed by atoms with Crippen molar-refractivity contribution >= 4 is 35.6 Å². The summed E-state index contributed by atoms with van der Waals surface area (Å²) in [6.07, 6.45) is 3.79. The zero-order valence-electron chi connectivity index (χ0n) is 19.7. The lowest BCUT2D eigenvalue weighted by atomic mass is 10.1. The number of benzene rings is 1. The molecule has 0 bridgehead atoms. The highest BCUT2D eigenvalue weighted by Gasteiger charge is 2.21. The number of methoxy groups -OCH3 is 1. The quantitative estimate of drug-likeness (QED) is 0.297. The van der Waals surface area contributed by atoms with Crippen molar-refractivity contribution in [3.05, 3.63) is 36.4 Å². The number of aromatic nitrogens is 3. The molecule has 1 N–H and O–H groups in total. The van der Waals surface area contributed by atoms with Gasteiger partial charge in [-0.15, -0.1) is 34.2 Å². The fourth-order valence-corrected chi connectivity index (χ4v) is 4.21. The van der Waals surface area contributed by atoms with Gasteiger partial charge >= 0.3 is 0 Å². The van der Waals surface area contributed by atoms with Crippen molar-refractivity contribution < 1.29 is 9.47 Å². The minimum absolute atomic E-state index is 0. The highest BCUT2D eigenvalue weighted by molar-refractivity contribution is 14.0. The molecule has 2 aliphatic rings. The first-order valence-corrected chi connectivity index (χ1v) is 11.6. The standard InChI is InChI=1S/C23H35N7O2.HI/c1-3-22-27-26-18-30(22)10-9-24-23(25-16-19-8-15-32-17-19)29-13-11-28(12-14-29)20-4-6-21(31-2)7-5-20;/h4-7,18-19H,3,8-17H2,1-2H3,(H,24,25);1H. The normalized spacial score (nSPS) is 18.8. The molecule has 0 spiro atoms. The maximum atomic E-state index is 5.53. The van der Waals surface area contributed by atoms with E-state index in [4.69, 9.17) is 14.5 Å². The number of nitrogens with zero attached hydrogens (tertiary/aromatic N) is 6. The van der Waals surface area contributed by atoms with Crippen LogP contribution >= 0.6 is 24.0 Å². The summed E-state index contributed by atoms with van der Waals surface area (Å²) in [5, 5.41) is 11.8. The second-order valence-electron chi connectivity index (χ2n) is 8.29. The monoisotopic (exact) mass is 569 g/mol. The lowest BCUT2D eigenvalue weighted by molar-refractivity contribution is 0.187. The Hall–Kier alpha value is -2.08. The van der Waals surface area contributed by atoms with Crippen molar-refractivity contribution in [3.63, 3.8) is 0 Å². The molecule has 3 heterocycles. The van der Waals surface area contributed by atoms with E-state index in [1.807, 2.05) is 12.1 Å². The van der Waals surface area contributed by atoms with Crippen molar-refractivity contribution in [2.24, 2.45) is 10.9 Å². The van der Waals surface area contributed by atoms with Crippen LogP contribution in [0.15, 0.2) is 35.6 Å². The number of aryl methyl sites for hydroxylation is 1. The van der Waals surface area contributed by atoms with E-state index in [-0.39, 0.29) is 24.0 Å². The van der Waals surface area contributed by atoms with E-state index in [9.17, 15) is 0 Å². The zero-order chi connectivity index (χ0) is 22.2. The van der Waals surface area contributed by atoms with Gasteiger partial charge in [0.05, 0.1) is 13.7 Å². The number of rotatable bonds is 8. The maximum Gasteiger partial charge on any atom is 0.194 e. The van der Waals surface area contributed by atoms with Crippen LogP contribution < -0.4 is 15.0 Å². The van der Waals surface area contributed by atoms with Crippen LogP contribution in [0.1, 0.15) is 19.2 Å². The number of guanidine groups is 1. The third kappa shape index (κ3) is 6.95. The molecule has 182 valence electrons. The smallest absolute Gasteiger partial charge is 0.194 e. The molecular formula is C23H36IN7O2. The van der Waals surface area contributed by atoms with Gasteiger partial charge in [0.15, 0.2) is 5.96 Å². The number of halogens is 1. The molecule has 0 amide bonds. The molecule has 1 aromatic heterocycles. The number of aliphatic imine (C=N–C) groups is 1. The Morgan fingerprint density at radius 1 is 1.21 bits per heavy atom. The Morgan fingerprint density at radius 3 is 2.67 bits per heavy atom. The van der Waals surface area contributed by atoms with Gasteiger partial charge in [-0.3, -0.25) is 4.99 Å². The van der Waals surface area contributed by atoms with Crippen LogP contribution in [0.5, 0.6) is 5.75 Å². The highest BCUT2D eigenvalue weighted by atomic mass is 127. The third-order valence-electron chi connectivity index (χ3n) is 6.19. The fraction of sp³-hybridized carbons (Fsp3) is 0.609. The second-order valence-corrected chi connectivity index (χ2v) is 8.29. The predicted octanol–water partition coefficient (Wildman–Crippen LogP) is 2.27. The van der Waals surface area contributed by atoms with E-state index < -0.39 is 0 Å². The number of hydrogen-bond donors (Lipinski definition) is 1. The molecule has 10 heteroatoms. The summed E-state index contributed by atoms with van der Waals surface area (Å²) in [5.74, 6) is 3.43. The van der Waals surface area contributed by atoms with E-state index in [1.54, 1.807) is 13.4 Å². The van der Waals surface area contributed by atoms with Gasteiger partial charge in [0, 0.05) is 70.4 Å². The first kappa shape index (κ1) is 25.5. The van der Waals surface area contributed by atoms with Crippen LogP contribution in [0.3, 0.4) is 0 Å². The molecule has 0 radical (unpaired) electrons.